The molecule has 136 valence electrons. The van der Waals surface area contributed by atoms with Crippen molar-refractivity contribution >= 4 is 0 Å². The molecule has 1 aliphatic heterocycles. The number of aliphatic hydroxyl groups is 1. The standard InChI is InChI=1S/C19H27FN4O/c1-2-18-14-22(10-12-24-8-4-7-21-24)9-11-23(18)15-19(25)16-5-3-6-17(20)13-16/h3-8,13,18-19,25H,2,9-12,14-15H2,1H3. The molecule has 3 rings (SSSR count). The zero-order valence-corrected chi connectivity index (χ0v) is 14.8. The highest BCUT2D eigenvalue weighted by Gasteiger charge is 2.27. The van der Waals surface area contributed by atoms with Crippen molar-refractivity contribution in [3.8, 4) is 0 Å². The maximum absolute atomic E-state index is 13.4. The Hall–Kier alpha value is -1.76. The van der Waals surface area contributed by atoms with Crippen LogP contribution < -0.4 is 0 Å². The van der Waals surface area contributed by atoms with E-state index in [9.17, 15) is 9.50 Å². The van der Waals surface area contributed by atoms with E-state index in [1.54, 1.807) is 18.3 Å². The number of aliphatic hydroxyl groups excluding tert-OH is 1. The van der Waals surface area contributed by atoms with Gasteiger partial charge in [-0.1, -0.05) is 19.1 Å². The summed E-state index contributed by atoms with van der Waals surface area (Å²) < 4.78 is 15.3. The fourth-order valence-corrected chi connectivity index (χ4v) is 3.51. The molecule has 1 fully saturated rings. The number of β-amino-alcohol motifs (C(OH)–C–C–N with tert-alkyl or cyclic N) is 1. The Bertz CT molecular complexity index is 649. The normalized spacial score (nSPS) is 20.7. The summed E-state index contributed by atoms with van der Waals surface area (Å²) in [5, 5.41) is 14.7. The minimum atomic E-state index is -0.652. The smallest absolute Gasteiger partial charge is 0.123 e. The van der Waals surface area contributed by atoms with E-state index in [0.29, 0.717) is 18.2 Å². The van der Waals surface area contributed by atoms with Crippen molar-refractivity contribution in [2.24, 2.45) is 0 Å². The molecule has 2 atom stereocenters. The van der Waals surface area contributed by atoms with E-state index in [1.165, 1.54) is 12.1 Å². The van der Waals surface area contributed by atoms with Gasteiger partial charge in [-0.2, -0.15) is 5.10 Å². The summed E-state index contributed by atoms with van der Waals surface area (Å²) in [7, 11) is 0. The molecule has 0 bridgehead atoms. The Kier molecular flexibility index (Phi) is 6.18. The largest absolute Gasteiger partial charge is 0.387 e. The molecule has 1 aliphatic rings. The van der Waals surface area contributed by atoms with Crippen LogP contribution in [-0.2, 0) is 6.54 Å². The molecule has 0 spiro atoms. The summed E-state index contributed by atoms with van der Waals surface area (Å²) in [5.41, 5.74) is 0.649. The van der Waals surface area contributed by atoms with Crippen molar-refractivity contribution in [2.45, 2.75) is 32.0 Å². The second kappa shape index (κ2) is 8.56. The molecular weight excluding hydrogens is 319 g/mol. The first-order chi connectivity index (χ1) is 12.2. The van der Waals surface area contributed by atoms with Crippen molar-refractivity contribution in [1.29, 1.82) is 0 Å². The van der Waals surface area contributed by atoms with Crippen molar-refractivity contribution in [2.75, 3.05) is 32.7 Å². The average Bonchev–Trinajstić information content (AvgIpc) is 3.14. The topological polar surface area (TPSA) is 44.5 Å². The number of nitrogens with zero attached hydrogens (tertiary/aromatic N) is 4. The lowest BCUT2D eigenvalue weighted by atomic mass is 10.0. The Balaban J connectivity index is 1.53. The van der Waals surface area contributed by atoms with Crippen LogP contribution in [0, 0.1) is 5.82 Å². The predicted molar refractivity (Wildman–Crippen MR) is 95.7 cm³/mol. The molecule has 2 unspecified atom stereocenters. The zero-order chi connectivity index (χ0) is 17.6. The Labute approximate surface area is 148 Å². The minimum Gasteiger partial charge on any atom is -0.387 e. The van der Waals surface area contributed by atoms with Gasteiger partial charge in [0.25, 0.3) is 0 Å². The highest BCUT2D eigenvalue weighted by atomic mass is 19.1. The summed E-state index contributed by atoms with van der Waals surface area (Å²) in [4.78, 5) is 4.79. The molecule has 1 aromatic heterocycles. The maximum atomic E-state index is 13.4. The number of piperazine rings is 1. The SMILES string of the molecule is CCC1CN(CCn2cccn2)CCN1CC(O)c1cccc(F)c1. The summed E-state index contributed by atoms with van der Waals surface area (Å²) in [5.74, 6) is -0.299. The summed E-state index contributed by atoms with van der Waals surface area (Å²) in [6.07, 6.45) is 4.18. The van der Waals surface area contributed by atoms with E-state index < -0.39 is 6.10 Å². The third-order valence-electron chi connectivity index (χ3n) is 5.01. The molecule has 0 saturated carbocycles. The molecule has 25 heavy (non-hydrogen) atoms. The van der Waals surface area contributed by atoms with Crippen LogP contribution in [0.5, 0.6) is 0 Å². The van der Waals surface area contributed by atoms with Crippen LogP contribution in [-0.4, -0.2) is 63.5 Å². The lowest BCUT2D eigenvalue weighted by Gasteiger charge is -2.42. The first kappa shape index (κ1) is 18.0. The van der Waals surface area contributed by atoms with Crippen LogP contribution in [0.3, 0.4) is 0 Å². The van der Waals surface area contributed by atoms with Gasteiger partial charge in [0.05, 0.1) is 12.6 Å². The van der Waals surface area contributed by atoms with E-state index in [4.69, 9.17) is 0 Å². The monoisotopic (exact) mass is 346 g/mol. The highest BCUT2D eigenvalue weighted by molar-refractivity contribution is 5.19. The average molecular weight is 346 g/mol. The highest BCUT2D eigenvalue weighted by Crippen LogP contribution is 2.20. The second-order valence-corrected chi connectivity index (χ2v) is 6.70. The van der Waals surface area contributed by atoms with E-state index in [1.807, 2.05) is 16.9 Å². The van der Waals surface area contributed by atoms with Crippen molar-refractivity contribution in [3.63, 3.8) is 0 Å². The van der Waals surface area contributed by atoms with Gasteiger partial charge in [0, 0.05) is 51.2 Å². The predicted octanol–water partition coefficient (Wildman–Crippen LogP) is 2.15. The van der Waals surface area contributed by atoms with Gasteiger partial charge >= 0.3 is 0 Å². The Morgan fingerprint density at radius 1 is 1.28 bits per heavy atom. The first-order valence-electron chi connectivity index (χ1n) is 9.03. The molecule has 0 amide bonds. The third kappa shape index (κ3) is 4.87. The Morgan fingerprint density at radius 2 is 2.16 bits per heavy atom. The lowest BCUT2D eigenvalue weighted by Crippen LogP contribution is -2.54. The minimum absolute atomic E-state index is 0.299. The van der Waals surface area contributed by atoms with Crippen molar-refractivity contribution < 1.29 is 9.50 Å². The van der Waals surface area contributed by atoms with E-state index in [-0.39, 0.29) is 5.82 Å². The van der Waals surface area contributed by atoms with Crippen LogP contribution in [0.1, 0.15) is 25.0 Å². The quantitative estimate of drug-likeness (QED) is 0.834. The van der Waals surface area contributed by atoms with Crippen LogP contribution in [0.4, 0.5) is 4.39 Å². The molecule has 6 heteroatoms. The molecule has 1 N–H and O–H groups in total. The van der Waals surface area contributed by atoms with Gasteiger partial charge in [0.15, 0.2) is 0 Å². The molecule has 2 aromatic rings. The summed E-state index contributed by atoms with van der Waals surface area (Å²) >= 11 is 0. The van der Waals surface area contributed by atoms with Gasteiger partial charge in [0.1, 0.15) is 5.82 Å². The van der Waals surface area contributed by atoms with Gasteiger partial charge in [0.2, 0.25) is 0 Å². The fraction of sp³-hybridized carbons (Fsp3) is 0.526. The summed E-state index contributed by atoms with van der Waals surface area (Å²) in [6.45, 7) is 7.51. The molecular formula is C19H27FN4O. The Morgan fingerprint density at radius 3 is 2.88 bits per heavy atom. The van der Waals surface area contributed by atoms with Crippen LogP contribution in [0.15, 0.2) is 42.7 Å². The van der Waals surface area contributed by atoms with Crippen molar-refractivity contribution in [1.82, 2.24) is 19.6 Å². The number of hydrogen-bond donors (Lipinski definition) is 1. The van der Waals surface area contributed by atoms with Gasteiger partial charge in [-0.3, -0.25) is 14.5 Å². The lowest BCUT2D eigenvalue weighted by molar-refractivity contribution is 0.0294. The van der Waals surface area contributed by atoms with E-state index in [2.05, 4.69) is 21.8 Å². The third-order valence-corrected chi connectivity index (χ3v) is 5.01. The molecule has 0 radical (unpaired) electrons. The fourth-order valence-electron chi connectivity index (χ4n) is 3.51. The van der Waals surface area contributed by atoms with Crippen LogP contribution in [0.2, 0.25) is 0 Å². The maximum Gasteiger partial charge on any atom is 0.123 e. The first-order valence-corrected chi connectivity index (χ1v) is 9.03. The number of halogens is 1. The van der Waals surface area contributed by atoms with Crippen molar-refractivity contribution in [3.05, 3.63) is 54.1 Å². The number of hydrogen-bond acceptors (Lipinski definition) is 4. The van der Waals surface area contributed by atoms with Gasteiger partial charge in [-0.25, -0.2) is 4.39 Å². The molecule has 0 aliphatic carbocycles. The van der Waals surface area contributed by atoms with E-state index >= 15 is 0 Å². The van der Waals surface area contributed by atoms with E-state index in [0.717, 1.165) is 39.1 Å². The van der Waals surface area contributed by atoms with Gasteiger partial charge < -0.3 is 5.11 Å². The van der Waals surface area contributed by atoms with Gasteiger partial charge in [-0.05, 0) is 30.2 Å². The van der Waals surface area contributed by atoms with Gasteiger partial charge in [-0.15, -0.1) is 0 Å². The summed E-state index contributed by atoms with van der Waals surface area (Å²) in [6, 6.07) is 8.62. The number of benzene rings is 1. The van der Waals surface area contributed by atoms with Crippen LogP contribution in [0.25, 0.3) is 0 Å². The molecule has 1 saturated heterocycles. The second-order valence-electron chi connectivity index (χ2n) is 6.70. The molecule has 2 heterocycles. The zero-order valence-electron chi connectivity index (χ0n) is 14.8. The van der Waals surface area contributed by atoms with Crippen LogP contribution >= 0.6 is 0 Å². The molecule has 1 aromatic carbocycles. The number of rotatable bonds is 7. The number of aromatic nitrogens is 2. The molecule has 5 nitrogen and oxygen atoms in total.